The van der Waals surface area contributed by atoms with Crippen molar-refractivity contribution in [3.8, 4) is 6.07 Å². The lowest BCUT2D eigenvalue weighted by Gasteiger charge is -2.07. The number of hydrogen-bond donors (Lipinski definition) is 1. The predicted octanol–water partition coefficient (Wildman–Crippen LogP) is 1.85. The SMILES string of the molecule is C/C=C(/C#N)C(=O)NCC1=CCCC=C1. The van der Waals surface area contributed by atoms with Crippen molar-refractivity contribution in [1.82, 2.24) is 5.32 Å². The van der Waals surface area contributed by atoms with Crippen molar-refractivity contribution in [2.75, 3.05) is 6.54 Å². The average Bonchev–Trinajstić information content (AvgIpc) is 2.29. The van der Waals surface area contributed by atoms with Gasteiger partial charge in [-0.15, -0.1) is 0 Å². The van der Waals surface area contributed by atoms with E-state index in [-0.39, 0.29) is 11.5 Å². The Morgan fingerprint density at radius 1 is 1.67 bits per heavy atom. The molecule has 0 spiro atoms. The van der Waals surface area contributed by atoms with Gasteiger partial charge in [0.15, 0.2) is 0 Å². The van der Waals surface area contributed by atoms with E-state index in [4.69, 9.17) is 5.26 Å². The van der Waals surface area contributed by atoms with Crippen LogP contribution in [-0.4, -0.2) is 12.5 Å². The third-order valence-corrected chi connectivity index (χ3v) is 2.18. The molecule has 0 fully saturated rings. The van der Waals surface area contributed by atoms with Gasteiger partial charge in [-0.25, -0.2) is 0 Å². The fraction of sp³-hybridized carbons (Fsp3) is 0.333. The highest BCUT2D eigenvalue weighted by molar-refractivity contribution is 5.97. The van der Waals surface area contributed by atoms with E-state index in [1.54, 1.807) is 6.92 Å². The fourth-order valence-electron chi connectivity index (χ4n) is 1.32. The molecule has 0 aliphatic heterocycles. The molecule has 0 bridgehead atoms. The molecule has 0 aromatic carbocycles. The highest BCUT2D eigenvalue weighted by Crippen LogP contribution is 2.08. The summed E-state index contributed by atoms with van der Waals surface area (Å²) in [5.74, 6) is -0.306. The van der Waals surface area contributed by atoms with Crippen LogP contribution in [0.3, 0.4) is 0 Å². The zero-order chi connectivity index (χ0) is 11.1. The summed E-state index contributed by atoms with van der Waals surface area (Å²) < 4.78 is 0. The van der Waals surface area contributed by atoms with E-state index < -0.39 is 0 Å². The Balaban J connectivity index is 2.44. The Labute approximate surface area is 89.8 Å². The van der Waals surface area contributed by atoms with Gasteiger partial charge in [-0.2, -0.15) is 5.26 Å². The van der Waals surface area contributed by atoms with Crippen molar-refractivity contribution in [2.24, 2.45) is 0 Å². The zero-order valence-corrected chi connectivity index (χ0v) is 8.79. The van der Waals surface area contributed by atoms with Crippen LogP contribution in [0, 0.1) is 11.3 Å². The molecule has 1 aliphatic carbocycles. The number of allylic oxidation sites excluding steroid dienone is 3. The average molecular weight is 202 g/mol. The summed E-state index contributed by atoms with van der Waals surface area (Å²) in [6, 6.07) is 1.85. The second-order valence-electron chi connectivity index (χ2n) is 3.26. The monoisotopic (exact) mass is 202 g/mol. The number of carbonyl (C=O) groups excluding carboxylic acids is 1. The van der Waals surface area contributed by atoms with Gasteiger partial charge in [0.05, 0.1) is 0 Å². The molecule has 3 heteroatoms. The highest BCUT2D eigenvalue weighted by Gasteiger charge is 2.07. The fourth-order valence-corrected chi connectivity index (χ4v) is 1.32. The molecule has 1 N–H and O–H groups in total. The first-order valence-corrected chi connectivity index (χ1v) is 4.98. The number of nitrogens with one attached hydrogen (secondary N) is 1. The van der Waals surface area contributed by atoms with Crippen molar-refractivity contribution in [2.45, 2.75) is 19.8 Å². The van der Waals surface area contributed by atoms with Crippen LogP contribution >= 0.6 is 0 Å². The Hall–Kier alpha value is -1.82. The molecule has 3 nitrogen and oxygen atoms in total. The molecule has 0 heterocycles. The molecule has 15 heavy (non-hydrogen) atoms. The van der Waals surface area contributed by atoms with Gasteiger partial charge in [0.1, 0.15) is 11.6 Å². The van der Waals surface area contributed by atoms with Gasteiger partial charge in [-0.3, -0.25) is 4.79 Å². The van der Waals surface area contributed by atoms with E-state index in [1.165, 1.54) is 6.08 Å². The molecule has 0 aromatic rings. The van der Waals surface area contributed by atoms with Gasteiger partial charge in [0, 0.05) is 6.54 Å². The normalized spacial score (nSPS) is 15.5. The van der Waals surface area contributed by atoms with Crippen molar-refractivity contribution >= 4 is 5.91 Å². The summed E-state index contributed by atoms with van der Waals surface area (Å²) in [5, 5.41) is 11.3. The minimum atomic E-state index is -0.306. The Kier molecular flexibility index (Phi) is 4.36. The molecule has 1 aliphatic rings. The standard InChI is InChI=1S/C12H14N2O/c1-2-11(8-13)12(15)14-9-10-6-4-3-5-7-10/h2,4,6-7H,3,5,9H2,1H3,(H,14,15)/b11-2-. The van der Waals surface area contributed by atoms with Gasteiger partial charge >= 0.3 is 0 Å². The largest absolute Gasteiger partial charge is 0.347 e. The van der Waals surface area contributed by atoms with Crippen LogP contribution in [0.2, 0.25) is 0 Å². The summed E-state index contributed by atoms with van der Waals surface area (Å²) in [6.07, 6.45) is 9.79. The lowest BCUT2D eigenvalue weighted by Crippen LogP contribution is -2.26. The maximum atomic E-state index is 11.4. The predicted molar refractivity (Wildman–Crippen MR) is 58.8 cm³/mol. The molecule has 0 unspecified atom stereocenters. The van der Waals surface area contributed by atoms with Crippen LogP contribution in [0.4, 0.5) is 0 Å². The van der Waals surface area contributed by atoms with Gasteiger partial charge in [0.2, 0.25) is 0 Å². The molecule has 0 aromatic heterocycles. The van der Waals surface area contributed by atoms with E-state index in [2.05, 4.69) is 17.5 Å². The van der Waals surface area contributed by atoms with Crippen LogP contribution < -0.4 is 5.32 Å². The summed E-state index contributed by atoms with van der Waals surface area (Å²) in [6.45, 7) is 2.17. The van der Waals surface area contributed by atoms with Crippen LogP contribution in [0.5, 0.6) is 0 Å². The molecule has 0 saturated carbocycles. The number of nitrogens with zero attached hydrogens (tertiary/aromatic N) is 1. The van der Waals surface area contributed by atoms with Crippen LogP contribution in [-0.2, 0) is 4.79 Å². The Morgan fingerprint density at radius 2 is 2.47 bits per heavy atom. The lowest BCUT2D eigenvalue weighted by molar-refractivity contribution is -0.116. The minimum Gasteiger partial charge on any atom is -0.347 e. The first-order chi connectivity index (χ1) is 7.27. The number of carbonyl (C=O) groups is 1. The summed E-state index contributed by atoms with van der Waals surface area (Å²) in [4.78, 5) is 11.4. The van der Waals surface area contributed by atoms with E-state index in [0.717, 1.165) is 18.4 Å². The highest BCUT2D eigenvalue weighted by atomic mass is 16.1. The van der Waals surface area contributed by atoms with E-state index in [0.29, 0.717) is 6.54 Å². The number of nitriles is 1. The summed E-state index contributed by atoms with van der Waals surface area (Å²) in [7, 11) is 0. The van der Waals surface area contributed by atoms with Crippen LogP contribution in [0.15, 0.2) is 35.5 Å². The molecule has 1 rings (SSSR count). The van der Waals surface area contributed by atoms with Gasteiger partial charge in [0.25, 0.3) is 5.91 Å². The Morgan fingerprint density at radius 3 is 3.00 bits per heavy atom. The second-order valence-corrected chi connectivity index (χ2v) is 3.26. The van der Waals surface area contributed by atoms with Gasteiger partial charge < -0.3 is 5.32 Å². The molecular formula is C12H14N2O. The van der Waals surface area contributed by atoms with Crippen LogP contribution in [0.1, 0.15) is 19.8 Å². The van der Waals surface area contributed by atoms with Gasteiger partial charge in [-0.1, -0.05) is 24.3 Å². The molecule has 78 valence electrons. The smallest absolute Gasteiger partial charge is 0.261 e. The van der Waals surface area contributed by atoms with E-state index >= 15 is 0 Å². The molecule has 0 saturated heterocycles. The number of rotatable bonds is 3. The third-order valence-electron chi connectivity index (χ3n) is 2.18. The van der Waals surface area contributed by atoms with Crippen molar-refractivity contribution in [3.63, 3.8) is 0 Å². The molecular weight excluding hydrogens is 188 g/mol. The van der Waals surface area contributed by atoms with Crippen molar-refractivity contribution in [3.05, 3.63) is 35.5 Å². The third kappa shape index (κ3) is 3.43. The quantitative estimate of drug-likeness (QED) is 0.561. The number of amides is 1. The van der Waals surface area contributed by atoms with E-state index in [1.807, 2.05) is 12.1 Å². The molecule has 1 amide bonds. The first-order valence-electron chi connectivity index (χ1n) is 4.98. The minimum absolute atomic E-state index is 0.162. The first kappa shape index (κ1) is 11.3. The summed E-state index contributed by atoms with van der Waals surface area (Å²) in [5.41, 5.74) is 1.26. The van der Waals surface area contributed by atoms with Crippen molar-refractivity contribution in [1.29, 1.82) is 5.26 Å². The molecule has 0 atom stereocenters. The maximum absolute atomic E-state index is 11.4. The zero-order valence-electron chi connectivity index (χ0n) is 8.79. The second kappa shape index (κ2) is 5.82. The maximum Gasteiger partial charge on any atom is 0.261 e. The van der Waals surface area contributed by atoms with Crippen LogP contribution in [0.25, 0.3) is 0 Å². The summed E-state index contributed by atoms with van der Waals surface area (Å²) >= 11 is 0. The number of hydrogen-bond acceptors (Lipinski definition) is 2. The molecule has 0 radical (unpaired) electrons. The van der Waals surface area contributed by atoms with Crippen molar-refractivity contribution < 1.29 is 4.79 Å². The van der Waals surface area contributed by atoms with E-state index in [9.17, 15) is 4.79 Å². The Bertz CT molecular complexity index is 370. The topological polar surface area (TPSA) is 52.9 Å². The van der Waals surface area contributed by atoms with Gasteiger partial charge in [-0.05, 0) is 25.3 Å². The lowest BCUT2D eigenvalue weighted by atomic mass is 10.1.